The third kappa shape index (κ3) is 9.08. The summed E-state index contributed by atoms with van der Waals surface area (Å²) in [6.45, 7) is 4.39. The fraction of sp³-hybridized carbons (Fsp3) is 0.321. The van der Waals surface area contributed by atoms with Gasteiger partial charge in [0.25, 0.3) is 5.91 Å². The Hall–Kier alpha value is -3.96. The van der Waals surface area contributed by atoms with E-state index < -0.39 is 28.1 Å². The highest BCUT2D eigenvalue weighted by molar-refractivity contribution is 7.89. The number of aliphatic hydroxyl groups is 1. The minimum absolute atomic E-state index is 0.0719. The molecule has 3 N–H and O–H groups in total. The van der Waals surface area contributed by atoms with Crippen LogP contribution in [0.1, 0.15) is 41.4 Å². The number of carboxylic acid groups (broad SMARTS) is 1. The summed E-state index contributed by atoms with van der Waals surface area (Å²) in [5.41, 5.74) is 3.17. The number of hydrogen-bond donors (Lipinski definition) is 3. The fourth-order valence-electron chi connectivity index (χ4n) is 3.77. The predicted molar refractivity (Wildman–Crippen MR) is 147 cm³/mol. The summed E-state index contributed by atoms with van der Waals surface area (Å²) in [5, 5.41) is 20.0. The number of benzene rings is 2. The van der Waals surface area contributed by atoms with Gasteiger partial charge < -0.3 is 19.8 Å². The number of nitrogens with zero attached hydrogens (tertiary/aromatic N) is 2. The van der Waals surface area contributed by atoms with E-state index in [4.69, 9.17) is 4.74 Å². The van der Waals surface area contributed by atoms with E-state index in [1.807, 2.05) is 42.8 Å². The molecule has 2 amide bonds. The second-order valence-corrected chi connectivity index (χ2v) is 11.3. The van der Waals surface area contributed by atoms with Crippen molar-refractivity contribution < 1.29 is 33.0 Å². The van der Waals surface area contributed by atoms with Gasteiger partial charge in [0.1, 0.15) is 5.75 Å². The Morgan fingerprint density at radius 3 is 2.36 bits per heavy atom. The molecule has 0 saturated carbocycles. The lowest BCUT2D eigenvalue weighted by molar-refractivity contribution is 0.0969. The summed E-state index contributed by atoms with van der Waals surface area (Å²) in [7, 11) is -3.74. The van der Waals surface area contributed by atoms with Crippen LogP contribution in [0.2, 0.25) is 0 Å². The molecule has 0 aliphatic rings. The average Bonchev–Trinajstić information content (AvgIpc) is 2.89. The van der Waals surface area contributed by atoms with E-state index in [-0.39, 0.29) is 30.3 Å². The average molecular weight is 556 g/mol. The second-order valence-electron chi connectivity index (χ2n) is 9.60. The number of carbonyl (C=O) groups excluding carboxylic acids is 1. The molecule has 39 heavy (non-hydrogen) atoms. The van der Waals surface area contributed by atoms with Crippen molar-refractivity contribution in [1.29, 1.82) is 0 Å². The smallest absolute Gasteiger partial charge is 0.407 e. The van der Waals surface area contributed by atoms with Gasteiger partial charge in [0.15, 0.2) is 0 Å². The van der Waals surface area contributed by atoms with Crippen molar-refractivity contribution >= 4 is 22.0 Å². The van der Waals surface area contributed by atoms with Crippen LogP contribution < -0.4 is 9.46 Å². The number of aliphatic hydroxyl groups excluding tert-OH is 1. The number of amides is 2. The molecule has 0 radical (unpaired) electrons. The van der Waals surface area contributed by atoms with Gasteiger partial charge in [0, 0.05) is 24.5 Å². The number of aromatic nitrogens is 1. The summed E-state index contributed by atoms with van der Waals surface area (Å²) in [5.74, 6) is -0.305. The first-order valence-corrected chi connectivity index (χ1v) is 14.3. The fourth-order valence-corrected chi connectivity index (χ4v) is 4.22. The molecule has 0 aliphatic carbocycles. The number of ether oxygens (including phenoxy) is 1. The molecule has 1 heterocycles. The Morgan fingerprint density at radius 2 is 1.77 bits per heavy atom. The van der Waals surface area contributed by atoms with Gasteiger partial charge in [-0.25, -0.2) is 17.9 Å². The quantitative estimate of drug-likeness (QED) is 0.306. The van der Waals surface area contributed by atoms with Gasteiger partial charge in [-0.05, 0) is 47.2 Å². The van der Waals surface area contributed by atoms with Crippen molar-refractivity contribution in [1.82, 2.24) is 14.6 Å². The molecule has 0 fully saturated rings. The normalized spacial score (nSPS) is 12.1. The molecule has 0 unspecified atom stereocenters. The number of carbonyl (C=O) groups is 2. The topological polar surface area (TPSA) is 146 Å². The molecule has 2 aromatic carbocycles. The van der Waals surface area contributed by atoms with Gasteiger partial charge >= 0.3 is 6.09 Å². The van der Waals surface area contributed by atoms with Crippen LogP contribution in [0.3, 0.4) is 0 Å². The van der Waals surface area contributed by atoms with Gasteiger partial charge in [-0.2, -0.15) is 0 Å². The molecule has 208 valence electrons. The predicted octanol–water partition coefficient (Wildman–Crippen LogP) is 3.73. The summed E-state index contributed by atoms with van der Waals surface area (Å²) in [6, 6.07) is 15.8. The number of sulfonamides is 1. The lowest BCUT2D eigenvalue weighted by Gasteiger charge is -2.22. The van der Waals surface area contributed by atoms with Gasteiger partial charge in [0.05, 0.1) is 31.1 Å². The summed E-state index contributed by atoms with van der Waals surface area (Å²) < 4.78 is 30.9. The Morgan fingerprint density at radius 1 is 1.08 bits per heavy atom. The molecule has 10 nitrogen and oxygen atoms in total. The molecular weight excluding hydrogens is 522 g/mol. The Bertz CT molecular complexity index is 1380. The van der Waals surface area contributed by atoms with Gasteiger partial charge in [0.2, 0.25) is 10.0 Å². The Kier molecular flexibility index (Phi) is 10.0. The van der Waals surface area contributed by atoms with Gasteiger partial charge in [-0.15, -0.1) is 0 Å². The standard InChI is InChI=1S/C28H33N3O7S/c1-19(2)18-38-26-15-22(10-11-24(26)27(33)30-39(3,36)37)21-8-6-20(7-9-21)12-14-31(28(34)35)17-25(32)23-5-4-13-29-16-23/h4-11,13,15-16,19,25,32H,12,14,17-18H2,1-3H3,(H,30,33)(H,34,35)/t25-/m0/s1. The largest absolute Gasteiger partial charge is 0.492 e. The van der Waals surface area contributed by atoms with Crippen molar-refractivity contribution in [3.8, 4) is 16.9 Å². The van der Waals surface area contributed by atoms with Crippen LogP contribution in [0.4, 0.5) is 4.79 Å². The first kappa shape index (κ1) is 29.6. The van der Waals surface area contributed by atoms with Crippen molar-refractivity contribution in [3.05, 3.63) is 83.7 Å². The van der Waals surface area contributed by atoms with Gasteiger partial charge in [-0.3, -0.25) is 9.78 Å². The lowest BCUT2D eigenvalue weighted by atomic mass is 10.0. The highest BCUT2D eigenvalue weighted by atomic mass is 32.2. The molecule has 0 aliphatic heterocycles. The molecule has 0 saturated heterocycles. The van der Waals surface area contributed by atoms with Gasteiger partial charge in [-0.1, -0.05) is 50.2 Å². The maximum atomic E-state index is 12.5. The van der Waals surface area contributed by atoms with E-state index >= 15 is 0 Å². The Balaban J connectivity index is 1.72. The number of nitrogens with one attached hydrogen (secondary N) is 1. The first-order valence-electron chi connectivity index (χ1n) is 12.4. The van der Waals surface area contributed by atoms with E-state index in [0.717, 1.165) is 22.9 Å². The minimum atomic E-state index is -3.74. The third-order valence-corrected chi connectivity index (χ3v) is 6.32. The monoisotopic (exact) mass is 555 g/mol. The van der Waals surface area contributed by atoms with Crippen LogP contribution in [0.5, 0.6) is 5.75 Å². The van der Waals surface area contributed by atoms with E-state index in [2.05, 4.69) is 4.98 Å². The van der Waals surface area contributed by atoms with Crippen LogP contribution in [0, 0.1) is 5.92 Å². The van der Waals surface area contributed by atoms with Crippen molar-refractivity contribution in [3.63, 3.8) is 0 Å². The highest BCUT2D eigenvalue weighted by Crippen LogP contribution is 2.28. The molecular formula is C28H33N3O7S. The summed E-state index contributed by atoms with van der Waals surface area (Å²) >= 11 is 0. The van der Waals surface area contributed by atoms with Crippen molar-refractivity contribution in [2.24, 2.45) is 5.92 Å². The highest BCUT2D eigenvalue weighted by Gasteiger charge is 2.19. The molecule has 1 atom stereocenters. The molecule has 11 heteroatoms. The minimum Gasteiger partial charge on any atom is -0.492 e. The number of pyridine rings is 1. The molecule has 3 aromatic rings. The van der Waals surface area contributed by atoms with E-state index in [1.165, 1.54) is 17.2 Å². The van der Waals surface area contributed by atoms with Crippen LogP contribution >= 0.6 is 0 Å². The zero-order chi connectivity index (χ0) is 28.6. The zero-order valence-electron chi connectivity index (χ0n) is 22.1. The van der Waals surface area contributed by atoms with Crippen molar-refractivity contribution in [2.45, 2.75) is 26.4 Å². The summed E-state index contributed by atoms with van der Waals surface area (Å²) in [4.78, 5) is 29.4. The van der Waals surface area contributed by atoms with Crippen molar-refractivity contribution in [2.75, 3.05) is 26.0 Å². The summed E-state index contributed by atoms with van der Waals surface area (Å²) in [6.07, 6.45) is 2.34. The third-order valence-electron chi connectivity index (χ3n) is 5.77. The Labute approximate surface area is 228 Å². The lowest BCUT2D eigenvalue weighted by Crippen LogP contribution is -2.35. The molecule has 0 bridgehead atoms. The second kappa shape index (κ2) is 13.2. The molecule has 3 rings (SSSR count). The van der Waals surface area contributed by atoms with Crippen LogP contribution in [0.15, 0.2) is 67.0 Å². The maximum Gasteiger partial charge on any atom is 0.407 e. The SMILES string of the molecule is CC(C)COc1cc(-c2ccc(CCN(C[C@H](O)c3cccnc3)C(=O)O)cc2)ccc1C(=O)NS(C)(=O)=O. The molecule has 1 aromatic heterocycles. The van der Waals surface area contributed by atoms with Crippen LogP contribution in [-0.4, -0.2) is 66.5 Å². The first-order chi connectivity index (χ1) is 18.4. The van der Waals surface area contributed by atoms with E-state index in [1.54, 1.807) is 30.5 Å². The number of hydrogen-bond acceptors (Lipinski definition) is 7. The maximum absolute atomic E-state index is 12.5. The van der Waals surface area contributed by atoms with Crippen LogP contribution in [-0.2, 0) is 16.4 Å². The van der Waals surface area contributed by atoms with E-state index in [0.29, 0.717) is 18.6 Å². The van der Waals surface area contributed by atoms with Crippen LogP contribution in [0.25, 0.3) is 11.1 Å². The number of rotatable bonds is 12. The van der Waals surface area contributed by atoms with E-state index in [9.17, 15) is 28.2 Å². The molecule has 0 spiro atoms. The zero-order valence-corrected chi connectivity index (χ0v) is 22.9.